The Morgan fingerprint density at radius 3 is 2.37 bits per heavy atom. The van der Waals surface area contributed by atoms with E-state index >= 15 is 0 Å². The Morgan fingerprint density at radius 2 is 1.95 bits per heavy atom. The standard InChI is InChI=1S/C14H21N3O2/c1-9(2)14(12(18)19)5-6-17(8-14)13-15-10(3)7-11(4)16-13/h7,9H,5-6,8H2,1-4H3,(H,18,19). The number of rotatable bonds is 3. The van der Waals surface area contributed by atoms with Crippen molar-refractivity contribution in [1.29, 1.82) is 0 Å². The second kappa shape index (κ2) is 4.79. The summed E-state index contributed by atoms with van der Waals surface area (Å²) in [4.78, 5) is 22.4. The molecule has 1 atom stereocenters. The van der Waals surface area contributed by atoms with Crippen LogP contribution in [-0.4, -0.2) is 34.1 Å². The molecule has 0 bridgehead atoms. The predicted molar refractivity (Wildman–Crippen MR) is 73.2 cm³/mol. The molecule has 104 valence electrons. The van der Waals surface area contributed by atoms with Crippen LogP contribution in [0.15, 0.2) is 6.07 Å². The molecule has 1 aliphatic heterocycles. The molecule has 0 aliphatic carbocycles. The number of aliphatic carboxylic acids is 1. The maximum Gasteiger partial charge on any atom is 0.311 e. The summed E-state index contributed by atoms with van der Waals surface area (Å²) in [5.41, 5.74) is 1.15. The van der Waals surface area contributed by atoms with E-state index in [0.717, 1.165) is 11.4 Å². The van der Waals surface area contributed by atoms with E-state index in [1.165, 1.54) is 0 Å². The summed E-state index contributed by atoms with van der Waals surface area (Å²) in [5.74, 6) is 0.0385. The summed E-state index contributed by atoms with van der Waals surface area (Å²) >= 11 is 0. The van der Waals surface area contributed by atoms with E-state index in [9.17, 15) is 9.90 Å². The van der Waals surface area contributed by atoms with Crippen LogP contribution < -0.4 is 4.90 Å². The molecule has 0 amide bonds. The van der Waals surface area contributed by atoms with Crippen molar-refractivity contribution in [1.82, 2.24) is 9.97 Å². The lowest BCUT2D eigenvalue weighted by Crippen LogP contribution is -2.39. The van der Waals surface area contributed by atoms with Crippen LogP contribution in [0.1, 0.15) is 31.7 Å². The quantitative estimate of drug-likeness (QED) is 0.903. The van der Waals surface area contributed by atoms with Crippen LogP contribution in [0.4, 0.5) is 5.95 Å². The lowest BCUT2D eigenvalue weighted by atomic mass is 9.76. The lowest BCUT2D eigenvalue weighted by molar-refractivity contribution is -0.150. The topological polar surface area (TPSA) is 66.3 Å². The van der Waals surface area contributed by atoms with E-state index in [-0.39, 0.29) is 5.92 Å². The van der Waals surface area contributed by atoms with E-state index < -0.39 is 11.4 Å². The van der Waals surface area contributed by atoms with Crippen LogP contribution >= 0.6 is 0 Å². The molecule has 0 radical (unpaired) electrons. The van der Waals surface area contributed by atoms with Crippen LogP contribution in [-0.2, 0) is 4.79 Å². The van der Waals surface area contributed by atoms with Gasteiger partial charge in [0.1, 0.15) is 0 Å². The molecule has 1 aromatic rings. The average molecular weight is 263 g/mol. The van der Waals surface area contributed by atoms with E-state index in [1.807, 2.05) is 38.7 Å². The highest BCUT2D eigenvalue weighted by molar-refractivity contribution is 5.77. The Labute approximate surface area is 113 Å². The Hall–Kier alpha value is -1.65. The summed E-state index contributed by atoms with van der Waals surface area (Å²) in [6, 6.07) is 1.92. The van der Waals surface area contributed by atoms with Crippen molar-refractivity contribution in [3.05, 3.63) is 17.5 Å². The van der Waals surface area contributed by atoms with Gasteiger partial charge >= 0.3 is 5.97 Å². The van der Waals surface area contributed by atoms with Gasteiger partial charge in [-0.1, -0.05) is 13.8 Å². The number of hydrogen-bond acceptors (Lipinski definition) is 4. The Morgan fingerprint density at radius 1 is 1.37 bits per heavy atom. The molecule has 0 aromatic carbocycles. The Balaban J connectivity index is 2.28. The van der Waals surface area contributed by atoms with Crippen LogP contribution in [0, 0.1) is 25.2 Å². The van der Waals surface area contributed by atoms with Crippen LogP contribution in [0.25, 0.3) is 0 Å². The molecule has 0 saturated carbocycles. The summed E-state index contributed by atoms with van der Waals surface area (Å²) in [6.07, 6.45) is 0.649. The third-order valence-corrected chi connectivity index (χ3v) is 4.09. The van der Waals surface area contributed by atoms with Crippen LogP contribution in [0.2, 0.25) is 0 Å². The van der Waals surface area contributed by atoms with Gasteiger partial charge in [0.2, 0.25) is 5.95 Å². The van der Waals surface area contributed by atoms with Gasteiger partial charge in [0.05, 0.1) is 5.41 Å². The maximum absolute atomic E-state index is 11.6. The van der Waals surface area contributed by atoms with Crippen LogP contribution in [0.5, 0.6) is 0 Å². The number of anilines is 1. The zero-order valence-electron chi connectivity index (χ0n) is 12.0. The zero-order valence-corrected chi connectivity index (χ0v) is 12.0. The molecule has 1 aromatic heterocycles. The normalized spacial score (nSPS) is 23.1. The van der Waals surface area contributed by atoms with E-state index in [1.54, 1.807) is 0 Å². The Bertz CT molecular complexity index is 481. The minimum absolute atomic E-state index is 0.0981. The molecule has 19 heavy (non-hydrogen) atoms. The van der Waals surface area contributed by atoms with Gasteiger partial charge in [0, 0.05) is 24.5 Å². The highest BCUT2D eigenvalue weighted by Gasteiger charge is 2.47. The molecular weight excluding hydrogens is 242 g/mol. The first-order valence-corrected chi connectivity index (χ1v) is 6.66. The van der Waals surface area contributed by atoms with Crippen molar-refractivity contribution >= 4 is 11.9 Å². The SMILES string of the molecule is Cc1cc(C)nc(N2CCC(C(=O)O)(C(C)C)C2)n1. The van der Waals surface area contributed by atoms with Gasteiger partial charge in [-0.2, -0.15) is 0 Å². The fraction of sp³-hybridized carbons (Fsp3) is 0.643. The molecule has 1 aliphatic rings. The van der Waals surface area contributed by atoms with Crippen LogP contribution in [0.3, 0.4) is 0 Å². The summed E-state index contributed by atoms with van der Waals surface area (Å²) in [7, 11) is 0. The third kappa shape index (κ3) is 2.41. The minimum atomic E-state index is -0.714. The Kier molecular flexibility index (Phi) is 3.47. The van der Waals surface area contributed by atoms with Crippen molar-refractivity contribution in [2.75, 3.05) is 18.0 Å². The average Bonchev–Trinajstić information content (AvgIpc) is 2.73. The summed E-state index contributed by atoms with van der Waals surface area (Å²) in [6.45, 7) is 9.00. The predicted octanol–water partition coefficient (Wildman–Crippen LogP) is 2.03. The number of carboxylic acids is 1. The molecule has 0 spiro atoms. The fourth-order valence-corrected chi connectivity index (χ4v) is 2.75. The number of hydrogen-bond donors (Lipinski definition) is 1. The molecular formula is C14H21N3O2. The minimum Gasteiger partial charge on any atom is -0.481 e. The van der Waals surface area contributed by atoms with E-state index in [4.69, 9.17) is 0 Å². The van der Waals surface area contributed by atoms with Crippen molar-refractivity contribution in [3.63, 3.8) is 0 Å². The summed E-state index contributed by atoms with van der Waals surface area (Å²) < 4.78 is 0. The number of carbonyl (C=O) groups is 1. The smallest absolute Gasteiger partial charge is 0.311 e. The van der Waals surface area contributed by atoms with Crippen molar-refractivity contribution in [2.24, 2.45) is 11.3 Å². The third-order valence-electron chi connectivity index (χ3n) is 4.09. The first-order chi connectivity index (χ1) is 8.85. The first kappa shape index (κ1) is 13.8. The molecule has 1 N–H and O–H groups in total. The maximum atomic E-state index is 11.6. The van der Waals surface area contributed by atoms with Gasteiger partial charge < -0.3 is 10.0 Å². The number of aryl methyl sites for hydroxylation is 2. The molecule has 1 unspecified atom stereocenters. The van der Waals surface area contributed by atoms with Gasteiger partial charge in [0.25, 0.3) is 0 Å². The van der Waals surface area contributed by atoms with Crippen molar-refractivity contribution in [2.45, 2.75) is 34.1 Å². The highest BCUT2D eigenvalue weighted by atomic mass is 16.4. The van der Waals surface area contributed by atoms with Crippen molar-refractivity contribution < 1.29 is 9.90 Å². The first-order valence-electron chi connectivity index (χ1n) is 6.66. The highest BCUT2D eigenvalue weighted by Crippen LogP contribution is 2.39. The molecule has 2 heterocycles. The number of aromatic nitrogens is 2. The van der Waals surface area contributed by atoms with Gasteiger partial charge in [-0.05, 0) is 32.3 Å². The molecule has 1 fully saturated rings. The van der Waals surface area contributed by atoms with Gasteiger partial charge in [-0.3, -0.25) is 4.79 Å². The monoisotopic (exact) mass is 263 g/mol. The van der Waals surface area contributed by atoms with Crippen molar-refractivity contribution in [3.8, 4) is 0 Å². The van der Waals surface area contributed by atoms with Gasteiger partial charge in [-0.25, -0.2) is 9.97 Å². The second-order valence-electron chi connectivity index (χ2n) is 5.74. The van der Waals surface area contributed by atoms with E-state index in [2.05, 4.69) is 9.97 Å². The van der Waals surface area contributed by atoms with Gasteiger partial charge in [-0.15, -0.1) is 0 Å². The van der Waals surface area contributed by atoms with Gasteiger partial charge in [0.15, 0.2) is 0 Å². The molecule has 1 saturated heterocycles. The second-order valence-corrected chi connectivity index (χ2v) is 5.74. The zero-order chi connectivity index (χ0) is 14.2. The lowest BCUT2D eigenvalue weighted by Gasteiger charge is -2.28. The number of carboxylic acid groups (broad SMARTS) is 1. The molecule has 5 heteroatoms. The molecule has 5 nitrogen and oxygen atoms in total. The fourth-order valence-electron chi connectivity index (χ4n) is 2.75. The largest absolute Gasteiger partial charge is 0.481 e. The number of nitrogens with zero attached hydrogens (tertiary/aromatic N) is 3. The van der Waals surface area contributed by atoms with E-state index in [0.29, 0.717) is 25.5 Å². The summed E-state index contributed by atoms with van der Waals surface area (Å²) in [5, 5.41) is 9.54. The molecule has 2 rings (SSSR count).